The zero-order chi connectivity index (χ0) is 12.8. The number of carboxylic acid groups (broad SMARTS) is 2. The zero-order valence-corrected chi connectivity index (χ0v) is 8.93. The van der Waals surface area contributed by atoms with Crippen LogP contribution in [0, 0.1) is 0 Å². The summed E-state index contributed by atoms with van der Waals surface area (Å²) in [5, 5.41) is 26.0. The summed E-state index contributed by atoms with van der Waals surface area (Å²) in [5.74, 6) is -2.35. The minimum atomic E-state index is -1.65. The molecule has 0 aliphatic heterocycles. The highest BCUT2D eigenvalue weighted by molar-refractivity contribution is 5.78. The van der Waals surface area contributed by atoms with E-state index in [0.29, 0.717) is 12.8 Å². The first-order valence-corrected chi connectivity index (χ1v) is 4.95. The van der Waals surface area contributed by atoms with Crippen molar-refractivity contribution in [1.29, 1.82) is 0 Å². The van der Waals surface area contributed by atoms with Gasteiger partial charge < -0.3 is 26.8 Å². The van der Waals surface area contributed by atoms with Gasteiger partial charge in [0.1, 0.15) is 11.6 Å². The molecule has 7 N–H and O–H groups in total. The van der Waals surface area contributed by atoms with Crippen molar-refractivity contribution < 1.29 is 24.9 Å². The number of carbonyl (C=O) groups is 2. The van der Waals surface area contributed by atoms with Crippen LogP contribution in [0.1, 0.15) is 25.7 Å². The van der Waals surface area contributed by atoms with Crippen molar-refractivity contribution in [1.82, 2.24) is 0 Å². The van der Waals surface area contributed by atoms with Crippen LogP contribution in [0.2, 0.25) is 0 Å². The van der Waals surface area contributed by atoms with Crippen LogP contribution in [-0.2, 0) is 9.59 Å². The molecule has 0 spiro atoms. The number of rotatable bonds is 8. The van der Waals surface area contributed by atoms with E-state index in [9.17, 15) is 9.59 Å². The van der Waals surface area contributed by atoms with Gasteiger partial charge in [0, 0.05) is 0 Å². The average molecular weight is 234 g/mol. The van der Waals surface area contributed by atoms with Gasteiger partial charge in [-0.3, -0.25) is 9.59 Å². The molecule has 0 rings (SSSR count). The van der Waals surface area contributed by atoms with E-state index in [4.69, 9.17) is 26.8 Å². The van der Waals surface area contributed by atoms with E-state index >= 15 is 0 Å². The van der Waals surface area contributed by atoms with E-state index in [1.54, 1.807) is 0 Å². The third kappa shape index (κ3) is 4.56. The molecule has 0 radical (unpaired) electrons. The number of carboxylic acids is 2. The van der Waals surface area contributed by atoms with E-state index in [1.165, 1.54) is 0 Å². The van der Waals surface area contributed by atoms with Crippen LogP contribution in [0.15, 0.2) is 0 Å². The Morgan fingerprint density at radius 1 is 1.25 bits per heavy atom. The van der Waals surface area contributed by atoms with Gasteiger partial charge in [-0.2, -0.15) is 0 Å². The second-order valence-electron chi connectivity index (χ2n) is 3.81. The van der Waals surface area contributed by atoms with Crippen LogP contribution < -0.4 is 11.5 Å². The molecule has 0 aromatic carbocycles. The Hall–Kier alpha value is -1.18. The lowest BCUT2D eigenvalue weighted by Gasteiger charge is -2.21. The predicted octanol–water partition coefficient (Wildman–Crippen LogP) is -1.27. The van der Waals surface area contributed by atoms with Crippen LogP contribution >= 0.6 is 0 Å². The molecule has 0 aromatic heterocycles. The van der Waals surface area contributed by atoms with Gasteiger partial charge in [-0.1, -0.05) is 12.8 Å². The van der Waals surface area contributed by atoms with Crippen LogP contribution in [-0.4, -0.2) is 45.4 Å². The van der Waals surface area contributed by atoms with Crippen molar-refractivity contribution >= 4 is 11.9 Å². The number of hydrogen-bond donors (Lipinski definition) is 5. The van der Waals surface area contributed by atoms with E-state index in [2.05, 4.69) is 0 Å². The highest BCUT2D eigenvalue weighted by atomic mass is 16.4. The van der Waals surface area contributed by atoms with Gasteiger partial charge in [0.25, 0.3) is 0 Å². The number of aliphatic hydroxyl groups is 1. The Labute approximate surface area is 93.0 Å². The molecule has 0 amide bonds. The first-order chi connectivity index (χ1) is 7.33. The Morgan fingerprint density at radius 2 is 1.81 bits per heavy atom. The highest BCUT2D eigenvalue weighted by Crippen LogP contribution is 2.13. The number of aliphatic hydroxyl groups excluding tert-OH is 1. The molecule has 0 saturated carbocycles. The Kier molecular flexibility index (Phi) is 5.94. The average Bonchev–Trinajstić information content (AvgIpc) is 2.23. The van der Waals surface area contributed by atoms with Crippen molar-refractivity contribution in [3.05, 3.63) is 0 Å². The van der Waals surface area contributed by atoms with Crippen LogP contribution in [0.4, 0.5) is 0 Å². The maximum absolute atomic E-state index is 10.7. The fourth-order valence-electron chi connectivity index (χ4n) is 1.18. The van der Waals surface area contributed by atoms with Crippen LogP contribution in [0.25, 0.3) is 0 Å². The normalized spacial score (nSPS) is 16.4. The van der Waals surface area contributed by atoms with Crippen molar-refractivity contribution in [3.8, 4) is 0 Å². The second-order valence-corrected chi connectivity index (χ2v) is 3.81. The maximum atomic E-state index is 10.7. The molecule has 0 aliphatic carbocycles. The zero-order valence-electron chi connectivity index (χ0n) is 8.93. The van der Waals surface area contributed by atoms with Crippen molar-refractivity contribution in [3.63, 3.8) is 0 Å². The fraction of sp³-hybridized carbons (Fsp3) is 0.778. The molecule has 0 aromatic rings. The summed E-state index contributed by atoms with van der Waals surface area (Å²) in [6, 6.07) is -0.939. The standard InChI is InChI=1S/C9H18N2O5/c10-6(7(13)14)3-1-2-4-9(11,5-12)8(15)16/h6,12H,1-5,10-11H2,(H,13,14)(H,15,16)/t6-,9+/m1/s1. The highest BCUT2D eigenvalue weighted by Gasteiger charge is 2.32. The molecule has 94 valence electrons. The summed E-state index contributed by atoms with van der Waals surface area (Å²) in [6.45, 7) is -0.646. The topological polar surface area (TPSA) is 147 Å². The van der Waals surface area contributed by atoms with Gasteiger partial charge >= 0.3 is 11.9 Å². The van der Waals surface area contributed by atoms with Gasteiger partial charge in [-0.15, -0.1) is 0 Å². The molecule has 0 bridgehead atoms. The molecular formula is C9H18N2O5. The van der Waals surface area contributed by atoms with Crippen LogP contribution in [0.5, 0.6) is 0 Å². The minimum absolute atomic E-state index is 0.0885. The molecule has 2 atom stereocenters. The van der Waals surface area contributed by atoms with Gasteiger partial charge in [0.05, 0.1) is 6.61 Å². The fourth-order valence-corrected chi connectivity index (χ4v) is 1.18. The quantitative estimate of drug-likeness (QED) is 0.329. The summed E-state index contributed by atoms with van der Waals surface area (Å²) in [6.07, 6.45) is 1.21. The lowest BCUT2D eigenvalue weighted by molar-refractivity contribution is -0.145. The van der Waals surface area contributed by atoms with Gasteiger partial charge in [0.15, 0.2) is 0 Å². The molecule has 7 heteroatoms. The number of unbranched alkanes of at least 4 members (excludes halogenated alkanes) is 1. The Morgan fingerprint density at radius 3 is 2.19 bits per heavy atom. The van der Waals surface area contributed by atoms with E-state index in [0.717, 1.165) is 0 Å². The van der Waals surface area contributed by atoms with Crippen molar-refractivity contribution in [2.24, 2.45) is 11.5 Å². The third-order valence-corrected chi connectivity index (χ3v) is 2.41. The summed E-state index contributed by atoms with van der Waals surface area (Å²) < 4.78 is 0. The molecule has 16 heavy (non-hydrogen) atoms. The van der Waals surface area contributed by atoms with Gasteiger partial charge in [0.2, 0.25) is 0 Å². The molecule has 0 unspecified atom stereocenters. The number of hydrogen-bond acceptors (Lipinski definition) is 5. The monoisotopic (exact) mass is 234 g/mol. The predicted molar refractivity (Wildman–Crippen MR) is 55.7 cm³/mol. The number of nitrogens with two attached hydrogens (primary N) is 2. The second kappa shape index (κ2) is 6.41. The summed E-state index contributed by atoms with van der Waals surface area (Å²) >= 11 is 0. The van der Waals surface area contributed by atoms with E-state index < -0.39 is 30.1 Å². The summed E-state index contributed by atoms with van der Waals surface area (Å²) in [7, 11) is 0. The van der Waals surface area contributed by atoms with E-state index in [-0.39, 0.29) is 12.8 Å². The molecule has 0 heterocycles. The summed E-state index contributed by atoms with van der Waals surface area (Å²) in [5.41, 5.74) is 9.04. The van der Waals surface area contributed by atoms with Crippen molar-refractivity contribution in [2.75, 3.05) is 6.61 Å². The lowest BCUT2D eigenvalue weighted by Crippen LogP contribution is -2.51. The molecule has 0 aliphatic rings. The molecule has 0 fully saturated rings. The van der Waals surface area contributed by atoms with Gasteiger partial charge in [-0.05, 0) is 12.8 Å². The first kappa shape index (κ1) is 14.8. The van der Waals surface area contributed by atoms with Gasteiger partial charge in [-0.25, -0.2) is 0 Å². The molecule has 7 nitrogen and oxygen atoms in total. The summed E-state index contributed by atoms with van der Waals surface area (Å²) in [4.78, 5) is 21.1. The third-order valence-electron chi connectivity index (χ3n) is 2.41. The van der Waals surface area contributed by atoms with E-state index in [1.807, 2.05) is 0 Å². The molecule has 0 saturated heterocycles. The maximum Gasteiger partial charge on any atom is 0.326 e. The first-order valence-electron chi connectivity index (χ1n) is 4.95. The minimum Gasteiger partial charge on any atom is -0.480 e. The van der Waals surface area contributed by atoms with Crippen LogP contribution in [0.3, 0.4) is 0 Å². The largest absolute Gasteiger partial charge is 0.480 e. The lowest BCUT2D eigenvalue weighted by atomic mass is 9.94. The number of aliphatic carboxylic acids is 2. The van der Waals surface area contributed by atoms with Crippen molar-refractivity contribution in [2.45, 2.75) is 37.3 Å². The Bertz CT molecular complexity index is 258. The Balaban J connectivity index is 3.89. The molecular weight excluding hydrogens is 216 g/mol. The SMILES string of the molecule is N[C@H](CCCC[C@](N)(CO)C(=O)O)C(=O)O. The smallest absolute Gasteiger partial charge is 0.326 e.